The summed E-state index contributed by atoms with van der Waals surface area (Å²) >= 11 is 0. The van der Waals surface area contributed by atoms with E-state index < -0.39 is 0 Å². The molecule has 0 radical (unpaired) electrons. The number of guanidine groups is 1. The molecule has 1 aliphatic rings. The summed E-state index contributed by atoms with van der Waals surface area (Å²) in [6.07, 6.45) is 10.2. The Morgan fingerprint density at radius 2 is 1.65 bits per heavy atom. The van der Waals surface area contributed by atoms with Crippen molar-refractivity contribution in [3.05, 3.63) is 0 Å². The van der Waals surface area contributed by atoms with Gasteiger partial charge in [-0.25, -0.2) is 0 Å². The minimum Gasteiger partial charge on any atom is -0.370 e. The van der Waals surface area contributed by atoms with E-state index in [9.17, 15) is 0 Å². The third-order valence-electron chi connectivity index (χ3n) is 4.60. The molecule has 136 valence electrons. The van der Waals surface area contributed by atoms with Gasteiger partial charge in [-0.15, -0.1) is 0 Å². The number of rotatable bonds is 12. The highest BCUT2D eigenvalue weighted by Crippen LogP contribution is 2.04. The van der Waals surface area contributed by atoms with Crippen molar-refractivity contribution >= 4 is 5.96 Å². The highest BCUT2D eigenvalue weighted by Gasteiger charge is 2.12. The van der Waals surface area contributed by atoms with Crippen LogP contribution in [0.4, 0.5) is 0 Å². The summed E-state index contributed by atoms with van der Waals surface area (Å²) in [6, 6.07) is 0. The van der Waals surface area contributed by atoms with Crippen LogP contribution < -0.4 is 11.1 Å². The van der Waals surface area contributed by atoms with Crippen molar-refractivity contribution in [3.63, 3.8) is 0 Å². The first kappa shape index (κ1) is 20.2. The Bertz CT molecular complexity index is 298. The lowest BCUT2D eigenvalue weighted by molar-refractivity contribution is 0.152. The number of likely N-dealkylation sites (N-methyl/N-ethyl adjacent to an activating group) is 1. The van der Waals surface area contributed by atoms with Gasteiger partial charge in [-0.2, -0.15) is 0 Å². The van der Waals surface area contributed by atoms with Crippen LogP contribution in [0, 0.1) is 0 Å². The Morgan fingerprint density at radius 3 is 2.39 bits per heavy atom. The maximum atomic E-state index is 5.90. The van der Waals surface area contributed by atoms with Gasteiger partial charge in [-0.3, -0.25) is 4.99 Å². The summed E-state index contributed by atoms with van der Waals surface area (Å²) in [7, 11) is 2.20. The summed E-state index contributed by atoms with van der Waals surface area (Å²) in [5, 5.41) is 3.24. The van der Waals surface area contributed by atoms with Gasteiger partial charge in [-0.05, 0) is 32.9 Å². The average Bonchev–Trinajstić information content (AvgIpc) is 2.55. The van der Waals surface area contributed by atoms with Crippen LogP contribution in [-0.2, 0) is 0 Å². The minimum absolute atomic E-state index is 0.623. The van der Waals surface area contributed by atoms with Crippen molar-refractivity contribution in [2.45, 2.75) is 58.3 Å². The summed E-state index contributed by atoms with van der Waals surface area (Å²) in [4.78, 5) is 9.37. The molecule has 0 aliphatic carbocycles. The highest BCUT2D eigenvalue weighted by atomic mass is 15.2. The van der Waals surface area contributed by atoms with E-state index in [1.807, 2.05) is 0 Å². The molecule has 1 saturated heterocycles. The second kappa shape index (κ2) is 13.6. The molecule has 0 atom stereocenters. The number of hydrogen-bond acceptors (Lipinski definition) is 3. The van der Waals surface area contributed by atoms with Crippen LogP contribution in [0.5, 0.6) is 0 Å². The number of nitrogens with zero attached hydrogens (tertiary/aromatic N) is 3. The van der Waals surface area contributed by atoms with Crippen molar-refractivity contribution < 1.29 is 0 Å². The molecule has 1 rings (SSSR count). The Morgan fingerprint density at radius 1 is 0.957 bits per heavy atom. The lowest BCUT2D eigenvalue weighted by atomic mass is 10.1. The first-order chi connectivity index (χ1) is 11.2. The fourth-order valence-electron chi connectivity index (χ4n) is 2.90. The molecule has 5 nitrogen and oxygen atoms in total. The molecule has 0 aromatic heterocycles. The molecule has 0 bridgehead atoms. The summed E-state index contributed by atoms with van der Waals surface area (Å²) in [5.41, 5.74) is 5.90. The lowest BCUT2D eigenvalue weighted by Gasteiger charge is -2.32. The van der Waals surface area contributed by atoms with Crippen molar-refractivity contribution in [1.82, 2.24) is 15.1 Å². The van der Waals surface area contributed by atoms with E-state index >= 15 is 0 Å². The van der Waals surface area contributed by atoms with Crippen LogP contribution in [0.1, 0.15) is 58.3 Å². The third kappa shape index (κ3) is 11.4. The number of unbranched alkanes of at least 4 members (excludes halogenated alkanes) is 6. The molecule has 0 unspecified atom stereocenters. The first-order valence-electron chi connectivity index (χ1n) is 9.67. The molecule has 23 heavy (non-hydrogen) atoms. The predicted molar refractivity (Wildman–Crippen MR) is 101 cm³/mol. The van der Waals surface area contributed by atoms with E-state index in [0.29, 0.717) is 5.96 Å². The van der Waals surface area contributed by atoms with Gasteiger partial charge >= 0.3 is 0 Å². The van der Waals surface area contributed by atoms with Crippen LogP contribution >= 0.6 is 0 Å². The van der Waals surface area contributed by atoms with Crippen molar-refractivity contribution in [3.8, 4) is 0 Å². The monoisotopic (exact) mass is 325 g/mol. The second-order valence-corrected chi connectivity index (χ2v) is 6.81. The molecule has 1 aliphatic heterocycles. The Hall–Kier alpha value is -0.810. The molecule has 1 heterocycles. The van der Waals surface area contributed by atoms with Crippen LogP contribution in [0.2, 0.25) is 0 Å². The fourth-order valence-corrected chi connectivity index (χ4v) is 2.90. The predicted octanol–water partition coefficient (Wildman–Crippen LogP) is 2.28. The van der Waals surface area contributed by atoms with Gasteiger partial charge in [0.2, 0.25) is 0 Å². The average molecular weight is 326 g/mol. The largest absolute Gasteiger partial charge is 0.370 e. The van der Waals surface area contributed by atoms with E-state index in [2.05, 4.69) is 34.1 Å². The smallest absolute Gasteiger partial charge is 0.188 e. The normalized spacial score (nSPS) is 17.6. The van der Waals surface area contributed by atoms with Crippen molar-refractivity contribution in [2.75, 3.05) is 52.9 Å². The number of nitrogens with two attached hydrogens (primary N) is 1. The molecule has 0 aromatic rings. The van der Waals surface area contributed by atoms with Gasteiger partial charge in [-0.1, -0.05) is 39.0 Å². The maximum absolute atomic E-state index is 5.90. The topological polar surface area (TPSA) is 56.9 Å². The van der Waals surface area contributed by atoms with Gasteiger partial charge in [0.05, 0.1) is 0 Å². The summed E-state index contributed by atoms with van der Waals surface area (Å²) in [5.74, 6) is 0.623. The van der Waals surface area contributed by atoms with Gasteiger partial charge in [0, 0.05) is 39.3 Å². The van der Waals surface area contributed by atoms with E-state index in [1.165, 1.54) is 77.7 Å². The number of hydrogen-bond donors (Lipinski definition) is 2. The van der Waals surface area contributed by atoms with Crippen LogP contribution in [0.25, 0.3) is 0 Å². The maximum Gasteiger partial charge on any atom is 0.188 e. The van der Waals surface area contributed by atoms with Crippen molar-refractivity contribution in [1.29, 1.82) is 0 Å². The van der Waals surface area contributed by atoms with Crippen LogP contribution in [0.15, 0.2) is 4.99 Å². The number of piperazine rings is 1. The lowest BCUT2D eigenvalue weighted by Crippen LogP contribution is -2.44. The van der Waals surface area contributed by atoms with Crippen LogP contribution in [-0.4, -0.2) is 68.6 Å². The standard InChI is InChI=1S/C18H39N5/c1-3-4-5-6-7-8-11-20-18(19)21-12-9-10-13-23-16-14-22(2)15-17-23/h3-17H2,1-2H3,(H3,19,20,21). The quantitative estimate of drug-likeness (QED) is 0.328. The molecule has 0 aromatic carbocycles. The van der Waals surface area contributed by atoms with Gasteiger partial charge in [0.25, 0.3) is 0 Å². The number of nitrogens with one attached hydrogen (secondary N) is 1. The molecule has 1 fully saturated rings. The van der Waals surface area contributed by atoms with Gasteiger partial charge < -0.3 is 20.9 Å². The van der Waals surface area contributed by atoms with E-state index in [4.69, 9.17) is 5.73 Å². The highest BCUT2D eigenvalue weighted by molar-refractivity contribution is 5.77. The molecule has 0 amide bonds. The summed E-state index contributed by atoms with van der Waals surface area (Å²) < 4.78 is 0. The SMILES string of the molecule is CCCCCCCCN=C(N)NCCCCN1CCN(C)CC1. The Kier molecular flexibility index (Phi) is 12.0. The zero-order chi connectivity index (χ0) is 16.8. The molecule has 3 N–H and O–H groups in total. The second-order valence-electron chi connectivity index (χ2n) is 6.81. The minimum atomic E-state index is 0.623. The zero-order valence-corrected chi connectivity index (χ0v) is 15.5. The molecule has 0 spiro atoms. The molecular formula is C18H39N5. The van der Waals surface area contributed by atoms with E-state index in [1.54, 1.807) is 0 Å². The van der Waals surface area contributed by atoms with E-state index in [0.717, 1.165) is 19.5 Å². The Balaban J connectivity index is 1.89. The zero-order valence-electron chi connectivity index (χ0n) is 15.5. The first-order valence-corrected chi connectivity index (χ1v) is 9.67. The molecular weight excluding hydrogens is 286 g/mol. The van der Waals surface area contributed by atoms with Crippen LogP contribution in [0.3, 0.4) is 0 Å². The summed E-state index contributed by atoms with van der Waals surface area (Å²) in [6.45, 7) is 10.1. The Labute approximate surface area is 143 Å². The van der Waals surface area contributed by atoms with Gasteiger partial charge in [0.1, 0.15) is 0 Å². The fraction of sp³-hybridized carbons (Fsp3) is 0.944. The van der Waals surface area contributed by atoms with Gasteiger partial charge in [0.15, 0.2) is 5.96 Å². The third-order valence-corrected chi connectivity index (χ3v) is 4.60. The molecule has 5 heteroatoms. The molecule has 0 saturated carbocycles. The van der Waals surface area contributed by atoms with E-state index in [-0.39, 0.29) is 0 Å². The van der Waals surface area contributed by atoms with Crippen molar-refractivity contribution in [2.24, 2.45) is 10.7 Å². The number of aliphatic imine (C=N–C) groups is 1.